The second kappa shape index (κ2) is 9.22. The van der Waals surface area contributed by atoms with E-state index in [1.807, 2.05) is 35.0 Å². The van der Waals surface area contributed by atoms with Crippen molar-refractivity contribution < 1.29 is 10.1 Å². The third-order valence-corrected chi connectivity index (χ3v) is 5.02. The Bertz CT molecular complexity index is 1020. The predicted octanol–water partition coefficient (Wildman–Crippen LogP) is 3.85. The van der Waals surface area contributed by atoms with Crippen LogP contribution in [0.2, 0.25) is 0 Å². The van der Waals surface area contributed by atoms with Crippen LogP contribution in [0.5, 0.6) is 5.75 Å². The van der Waals surface area contributed by atoms with Gasteiger partial charge in [-0.3, -0.25) is 0 Å². The molecule has 4 heteroatoms. The van der Waals surface area contributed by atoms with Crippen molar-refractivity contribution in [2.45, 2.75) is 13.0 Å². The van der Waals surface area contributed by atoms with Crippen molar-refractivity contribution in [1.29, 1.82) is 0 Å². The molecule has 0 saturated carbocycles. The van der Waals surface area contributed by atoms with Gasteiger partial charge in [-0.2, -0.15) is 5.10 Å². The number of rotatable bonds is 8. The van der Waals surface area contributed by atoms with E-state index >= 15 is 0 Å². The monoisotopic (exact) mass is 384 g/mol. The Morgan fingerprint density at radius 2 is 1.55 bits per heavy atom. The molecule has 0 aliphatic rings. The van der Waals surface area contributed by atoms with Crippen molar-refractivity contribution in [2.75, 3.05) is 13.7 Å². The first kappa shape index (κ1) is 19.0. The predicted molar refractivity (Wildman–Crippen MR) is 116 cm³/mol. The molecule has 4 rings (SSSR count). The van der Waals surface area contributed by atoms with E-state index in [0.29, 0.717) is 0 Å². The Hall–Kier alpha value is -3.37. The minimum Gasteiger partial charge on any atom is -0.497 e. The number of hydrogen-bond donors (Lipinski definition) is 1. The molecule has 0 spiro atoms. The number of nitrogens with two attached hydrogens (primary N) is 1. The Morgan fingerprint density at radius 1 is 0.862 bits per heavy atom. The van der Waals surface area contributed by atoms with Gasteiger partial charge in [0.25, 0.3) is 0 Å². The third-order valence-electron chi connectivity index (χ3n) is 5.02. The van der Waals surface area contributed by atoms with Crippen molar-refractivity contribution in [3.63, 3.8) is 0 Å². The highest BCUT2D eigenvalue weighted by atomic mass is 16.5. The highest BCUT2D eigenvalue weighted by molar-refractivity contribution is 5.64. The number of hydrogen-bond acceptors (Lipinski definition) is 2. The normalized spacial score (nSPS) is 10.8. The lowest BCUT2D eigenvalue weighted by molar-refractivity contribution is -0.670. The van der Waals surface area contributed by atoms with Gasteiger partial charge in [0.15, 0.2) is 0 Å². The molecule has 1 aromatic heterocycles. The molecule has 0 fully saturated rings. The van der Waals surface area contributed by atoms with Crippen LogP contribution in [0.15, 0.2) is 91.1 Å². The molecule has 0 aliphatic heterocycles. The van der Waals surface area contributed by atoms with Crippen LogP contribution in [0.4, 0.5) is 0 Å². The molecule has 0 unspecified atom stereocenters. The van der Waals surface area contributed by atoms with Gasteiger partial charge < -0.3 is 10.1 Å². The molecule has 146 valence electrons. The van der Waals surface area contributed by atoms with Crippen LogP contribution in [0.1, 0.15) is 11.1 Å². The zero-order valence-electron chi connectivity index (χ0n) is 16.7. The Balaban J connectivity index is 1.54. The summed E-state index contributed by atoms with van der Waals surface area (Å²) in [4.78, 5) is 0. The van der Waals surface area contributed by atoms with E-state index in [2.05, 4.69) is 66.1 Å². The number of ether oxygens (including phenoxy) is 1. The fraction of sp³-hybridized carbons (Fsp3) is 0.160. The van der Waals surface area contributed by atoms with Crippen molar-refractivity contribution in [3.8, 4) is 22.7 Å². The van der Waals surface area contributed by atoms with E-state index < -0.39 is 0 Å². The molecule has 0 radical (unpaired) electrons. The van der Waals surface area contributed by atoms with Gasteiger partial charge in [0, 0.05) is 18.2 Å². The van der Waals surface area contributed by atoms with Crippen LogP contribution < -0.4 is 10.1 Å². The van der Waals surface area contributed by atoms with Gasteiger partial charge in [0.05, 0.1) is 24.9 Å². The zero-order valence-corrected chi connectivity index (χ0v) is 16.7. The minimum absolute atomic E-state index is 0.854. The van der Waals surface area contributed by atoms with Gasteiger partial charge in [-0.1, -0.05) is 48.5 Å². The van der Waals surface area contributed by atoms with E-state index in [1.54, 1.807) is 7.11 Å². The second-order valence-corrected chi connectivity index (χ2v) is 7.03. The van der Waals surface area contributed by atoms with Crippen molar-refractivity contribution in [2.24, 2.45) is 0 Å². The average molecular weight is 385 g/mol. The quantitative estimate of drug-likeness (QED) is 0.469. The Kier molecular flexibility index (Phi) is 6.03. The van der Waals surface area contributed by atoms with E-state index in [9.17, 15) is 0 Å². The highest BCUT2D eigenvalue weighted by Crippen LogP contribution is 2.25. The maximum Gasteiger partial charge on any atom is 0.118 e. The molecule has 2 N–H and O–H groups in total. The number of para-hydroxylation sites is 1. The molecular weight excluding hydrogens is 358 g/mol. The van der Waals surface area contributed by atoms with E-state index in [-0.39, 0.29) is 0 Å². The highest BCUT2D eigenvalue weighted by Gasteiger charge is 2.14. The van der Waals surface area contributed by atoms with Gasteiger partial charge in [-0.05, 0) is 42.0 Å². The van der Waals surface area contributed by atoms with Crippen LogP contribution in [0, 0.1) is 0 Å². The summed E-state index contributed by atoms with van der Waals surface area (Å²) >= 11 is 0. The van der Waals surface area contributed by atoms with Gasteiger partial charge >= 0.3 is 0 Å². The van der Waals surface area contributed by atoms with E-state index in [4.69, 9.17) is 9.84 Å². The smallest absolute Gasteiger partial charge is 0.118 e. The van der Waals surface area contributed by atoms with Crippen LogP contribution in [-0.2, 0) is 13.0 Å². The van der Waals surface area contributed by atoms with Gasteiger partial charge in [-0.25, -0.2) is 4.68 Å². The largest absolute Gasteiger partial charge is 0.497 e. The van der Waals surface area contributed by atoms with E-state index in [1.165, 1.54) is 11.1 Å². The molecular formula is C25H26N3O+. The lowest BCUT2D eigenvalue weighted by Gasteiger charge is -2.04. The first-order chi connectivity index (χ1) is 14.3. The lowest BCUT2D eigenvalue weighted by atomic mass is 10.1. The molecule has 0 aliphatic carbocycles. The summed E-state index contributed by atoms with van der Waals surface area (Å²) < 4.78 is 7.27. The summed E-state index contributed by atoms with van der Waals surface area (Å²) in [5, 5.41) is 7.25. The summed E-state index contributed by atoms with van der Waals surface area (Å²) in [6.07, 6.45) is 3.21. The first-order valence-corrected chi connectivity index (χ1v) is 9.97. The van der Waals surface area contributed by atoms with Gasteiger partial charge in [-0.15, -0.1) is 0 Å². The topological polar surface area (TPSA) is 43.7 Å². The summed E-state index contributed by atoms with van der Waals surface area (Å²) in [7, 11) is 1.69. The number of methoxy groups -OCH3 is 1. The zero-order chi connectivity index (χ0) is 19.9. The molecule has 4 aromatic rings. The molecule has 3 aromatic carbocycles. The number of benzene rings is 3. The standard InChI is InChI=1S/C25H25N3O/c1-29-24-14-12-21(13-15-24)25-22(18-26-17-16-20-8-4-2-5-9-20)19-28(27-25)23-10-6-3-7-11-23/h2-15,19,26H,16-18H2,1H3/p+1. The Labute approximate surface area is 171 Å². The summed E-state index contributed by atoms with van der Waals surface area (Å²) in [5.74, 6) is 0.854. The lowest BCUT2D eigenvalue weighted by Crippen LogP contribution is -2.83. The maximum atomic E-state index is 5.30. The van der Waals surface area contributed by atoms with Crippen LogP contribution in [-0.4, -0.2) is 23.4 Å². The van der Waals surface area contributed by atoms with Crippen molar-refractivity contribution in [3.05, 3.63) is 102 Å². The van der Waals surface area contributed by atoms with Crippen LogP contribution >= 0.6 is 0 Å². The molecule has 29 heavy (non-hydrogen) atoms. The molecule has 0 amide bonds. The molecule has 0 saturated heterocycles. The first-order valence-electron chi connectivity index (χ1n) is 9.97. The summed E-state index contributed by atoms with van der Waals surface area (Å²) in [6, 6.07) is 29.0. The fourth-order valence-corrected chi connectivity index (χ4v) is 3.43. The van der Waals surface area contributed by atoms with Crippen molar-refractivity contribution >= 4 is 0 Å². The summed E-state index contributed by atoms with van der Waals surface area (Å²) in [5.41, 5.74) is 5.79. The fourth-order valence-electron chi connectivity index (χ4n) is 3.43. The third kappa shape index (κ3) is 4.73. The molecule has 0 bridgehead atoms. The maximum absolute atomic E-state index is 5.30. The van der Waals surface area contributed by atoms with E-state index in [0.717, 1.165) is 42.2 Å². The van der Waals surface area contributed by atoms with Crippen molar-refractivity contribution in [1.82, 2.24) is 9.78 Å². The van der Waals surface area contributed by atoms with Gasteiger partial charge in [0.1, 0.15) is 18.0 Å². The van der Waals surface area contributed by atoms with Crippen LogP contribution in [0.3, 0.4) is 0 Å². The summed E-state index contributed by atoms with van der Waals surface area (Å²) in [6.45, 7) is 1.93. The number of quaternary nitrogens is 1. The van der Waals surface area contributed by atoms with Crippen LogP contribution in [0.25, 0.3) is 16.9 Å². The average Bonchev–Trinajstić information content (AvgIpc) is 3.22. The SMILES string of the molecule is COc1ccc(-c2nn(-c3ccccc3)cc2C[NH2+]CCc2ccccc2)cc1. The molecule has 1 heterocycles. The molecule has 4 nitrogen and oxygen atoms in total. The molecule has 0 atom stereocenters. The number of nitrogens with zero attached hydrogens (tertiary/aromatic N) is 2. The Morgan fingerprint density at radius 3 is 2.24 bits per heavy atom. The second-order valence-electron chi connectivity index (χ2n) is 7.03. The number of aromatic nitrogens is 2. The van der Waals surface area contributed by atoms with Gasteiger partial charge in [0.2, 0.25) is 0 Å². The minimum atomic E-state index is 0.854.